The molecule has 66 valence electrons. The number of aromatic nitrogens is 1. The van der Waals surface area contributed by atoms with Gasteiger partial charge in [0.25, 0.3) is 0 Å². The van der Waals surface area contributed by atoms with Crippen LogP contribution < -0.4 is 0 Å². The molecule has 0 bridgehead atoms. The van der Waals surface area contributed by atoms with Crippen LogP contribution >= 0.6 is 0 Å². The van der Waals surface area contributed by atoms with Gasteiger partial charge in [-0.1, -0.05) is 19.9 Å². The number of pyridine rings is 1. The summed E-state index contributed by atoms with van der Waals surface area (Å²) in [5.74, 6) is 0.245. The van der Waals surface area contributed by atoms with E-state index in [0.717, 1.165) is 11.3 Å². The van der Waals surface area contributed by atoms with Crippen LogP contribution in [0.2, 0.25) is 0 Å². The van der Waals surface area contributed by atoms with Gasteiger partial charge < -0.3 is 5.11 Å². The maximum Gasteiger partial charge on any atom is 0.0827 e. The quantitative estimate of drug-likeness (QED) is 0.727. The fourth-order valence-electron chi connectivity index (χ4n) is 1.04. The molecule has 12 heavy (non-hydrogen) atoms. The maximum atomic E-state index is 9.65. The van der Waals surface area contributed by atoms with E-state index >= 15 is 0 Å². The first kappa shape index (κ1) is 9.20. The van der Waals surface area contributed by atoms with Gasteiger partial charge in [0.2, 0.25) is 0 Å². The fraction of sp³-hybridized carbons (Fsp3) is 0.500. The molecule has 1 N–H and O–H groups in total. The number of aryl methyl sites for hydroxylation is 1. The van der Waals surface area contributed by atoms with Crippen molar-refractivity contribution in [2.45, 2.75) is 26.9 Å². The van der Waals surface area contributed by atoms with Gasteiger partial charge in [-0.25, -0.2) is 0 Å². The second-order valence-electron chi connectivity index (χ2n) is 3.42. The smallest absolute Gasteiger partial charge is 0.0827 e. The molecule has 0 saturated heterocycles. The lowest BCUT2D eigenvalue weighted by molar-refractivity contribution is 0.126. The summed E-state index contributed by atoms with van der Waals surface area (Å²) in [7, 11) is 0. The second kappa shape index (κ2) is 3.68. The first-order chi connectivity index (χ1) is 5.61. The summed E-state index contributed by atoms with van der Waals surface area (Å²) in [4.78, 5) is 4.12. The van der Waals surface area contributed by atoms with Gasteiger partial charge in [0.05, 0.1) is 6.10 Å². The second-order valence-corrected chi connectivity index (χ2v) is 3.42. The molecule has 0 spiro atoms. The molecule has 0 aliphatic rings. The topological polar surface area (TPSA) is 33.1 Å². The van der Waals surface area contributed by atoms with Crippen LogP contribution in [0.3, 0.4) is 0 Å². The molecule has 0 radical (unpaired) electrons. The van der Waals surface area contributed by atoms with Crippen molar-refractivity contribution >= 4 is 0 Å². The lowest BCUT2D eigenvalue weighted by Crippen LogP contribution is -2.05. The van der Waals surface area contributed by atoms with Crippen molar-refractivity contribution < 1.29 is 5.11 Å². The third-order valence-electron chi connectivity index (χ3n) is 1.91. The Balaban J connectivity index is 2.82. The zero-order valence-electron chi connectivity index (χ0n) is 7.78. The summed E-state index contributed by atoms with van der Waals surface area (Å²) < 4.78 is 0. The summed E-state index contributed by atoms with van der Waals surface area (Å²) in [5, 5.41) is 9.65. The van der Waals surface area contributed by atoms with Gasteiger partial charge in [0.1, 0.15) is 0 Å². The van der Waals surface area contributed by atoms with Gasteiger partial charge in [0.15, 0.2) is 0 Å². The average molecular weight is 165 g/mol. The minimum atomic E-state index is -0.391. The van der Waals surface area contributed by atoms with Crippen molar-refractivity contribution in [3.05, 3.63) is 29.6 Å². The number of nitrogens with zero attached hydrogens (tertiary/aromatic N) is 1. The summed E-state index contributed by atoms with van der Waals surface area (Å²) in [6.45, 7) is 5.92. The Morgan fingerprint density at radius 2 is 2.00 bits per heavy atom. The van der Waals surface area contributed by atoms with Crippen LogP contribution in [0.4, 0.5) is 0 Å². The SMILES string of the molecule is Cc1ccc(C(O)C(C)C)cn1. The molecule has 0 aliphatic carbocycles. The summed E-state index contributed by atoms with van der Waals surface area (Å²) >= 11 is 0. The molecule has 0 saturated carbocycles. The number of aliphatic hydroxyl groups excluding tert-OH is 1. The predicted molar refractivity (Wildman–Crippen MR) is 48.8 cm³/mol. The number of rotatable bonds is 2. The zero-order chi connectivity index (χ0) is 9.14. The third-order valence-corrected chi connectivity index (χ3v) is 1.91. The van der Waals surface area contributed by atoms with Gasteiger partial charge in [0, 0.05) is 11.9 Å². The number of hydrogen-bond donors (Lipinski definition) is 1. The summed E-state index contributed by atoms with van der Waals surface area (Å²) in [6.07, 6.45) is 1.35. The van der Waals surface area contributed by atoms with E-state index in [9.17, 15) is 5.11 Å². The lowest BCUT2D eigenvalue weighted by atomic mass is 10.0. The number of hydrogen-bond acceptors (Lipinski definition) is 2. The highest BCUT2D eigenvalue weighted by Crippen LogP contribution is 2.19. The molecule has 0 aliphatic heterocycles. The van der Waals surface area contributed by atoms with Crippen LogP contribution in [0.1, 0.15) is 31.2 Å². The molecular weight excluding hydrogens is 150 g/mol. The number of aliphatic hydroxyl groups is 1. The minimum absolute atomic E-state index is 0.245. The van der Waals surface area contributed by atoms with Crippen LogP contribution in [-0.2, 0) is 0 Å². The lowest BCUT2D eigenvalue weighted by Gasteiger charge is -2.13. The molecule has 0 fully saturated rings. The molecule has 1 aromatic heterocycles. The summed E-state index contributed by atoms with van der Waals surface area (Å²) in [6, 6.07) is 3.84. The Morgan fingerprint density at radius 1 is 1.33 bits per heavy atom. The Bertz CT molecular complexity index is 241. The van der Waals surface area contributed by atoms with E-state index in [2.05, 4.69) is 4.98 Å². The minimum Gasteiger partial charge on any atom is -0.388 e. The molecule has 1 aromatic rings. The maximum absolute atomic E-state index is 9.65. The van der Waals surface area contributed by atoms with Crippen LogP contribution in [0, 0.1) is 12.8 Å². The highest BCUT2D eigenvalue weighted by molar-refractivity contribution is 5.15. The van der Waals surface area contributed by atoms with Crippen molar-refractivity contribution in [3.63, 3.8) is 0 Å². The molecule has 1 rings (SSSR count). The average Bonchev–Trinajstić information content (AvgIpc) is 2.04. The van der Waals surface area contributed by atoms with Gasteiger partial charge in [-0.15, -0.1) is 0 Å². The van der Waals surface area contributed by atoms with E-state index in [-0.39, 0.29) is 5.92 Å². The van der Waals surface area contributed by atoms with Crippen LogP contribution in [0.25, 0.3) is 0 Å². The zero-order valence-corrected chi connectivity index (χ0v) is 7.78. The van der Waals surface area contributed by atoms with Crippen LogP contribution in [0.15, 0.2) is 18.3 Å². The van der Waals surface area contributed by atoms with E-state index in [1.165, 1.54) is 0 Å². The molecule has 1 heterocycles. The van der Waals surface area contributed by atoms with Gasteiger partial charge in [-0.2, -0.15) is 0 Å². The molecular formula is C10H15NO. The first-order valence-electron chi connectivity index (χ1n) is 4.22. The highest BCUT2D eigenvalue weighted by Gasteiger charge is 2.11. The Labute approximate surface area is 73.3 Å². The van der Waals surface area contributed by atoms with Gasteiger partial charge in [-0.3, -0.25) is 4.98 Å². The fourth-order valence-corrected chi connectivity index (χ4v) is 1.04. The van der Waals surface area contributed by atoms with E-state index in [0.29, 0.717) is 0 Å². The Kier molecular flexibility index (Phi) is 2.82. The monoisotopic (exact) mass is 165 g/mol. The van der Waals surface area contributed by atoms with Crippen molar-refractivity contribution in [2.24, 2.45) is 5.92 Å². The highest BCUT2D eigenvalue weighted by atomic mass is 16.3. The largest absolute Gasteiger partial charge is 0.388 e. The van der Waals surface area contributed by atoms with Crippen LogP contribution in [-0.4, -0.2) is 10.1 Å². The molecule has 1 atom stereocenters. The Morgan fingerprint density at radius 3 is 2.42 bits per heavy atom. The molecule has 2 nitrogen and oxygen atoms in total. The standard InChI is InChI=1S/C10H15NO/c1-7(2)10(12)9-5-4-8(3)11-6-9/h4-7,10,12H,1-3H3. The predicted octanol–water partition coefficient (Wildman–Crippen LogP) is 2.08. The molecule has 2 heteroatoms. The first-order valence-corrected chi connectivity index (χ1v) is 4.22. The Hall–Kier alpha value is -0.890. The normalized spacial score (nSPS) is 13.4. The molecule has 0 aromatic carbocycles. The van der Waals surface area contributed by atoms with Gasteiger partial charge in [-0.05, 0) is 24.5 Å². The van der Waals surface area contributed by atoms with Crippen molar-refractivity contribution in [2.75, 3.05) is 0 Å². The van der Waals surface area contributed by atoms with Gasteiger partial charge >= 0.3 is 0 Å². The molecule has 1 unspecified atom stereocenters. The van der Waals surface area contributed by atoms with E-state index in [1.54, 1.807) is 6.20 Å². The van der Waals surface area contributed by atoms with E-state index in [4.69, 9.17) is 0 Å². The molecule has 0 amide bonds. The van der Waals surface area contributed by atoms with Crippen molar-refractivity contribution in [3.8, 4) is 0 Å². The van der Waals surface area contributed by atoms with E-state index in [1.807, 2.05) is 32.9 Å². The van der Waals surface area contributed by atoms with Crippen LogP contribution in [0.5, 0.6) is 0 Å². The van der Waals surface area contributed by atoms with E-state index < -0.39 is 6.10 Å². The van der Waals surface area contributed by atoms with Crippen molar-refractivity contribution in [1.82, 2.24) is 4.98 Å². The third kappa shape index (κ3) is 2.05. The van der Waals surface area contributed by atoms with Crippen molar-refractivity contribution in [1.29, 1.82) is 0 Å². The summed E-state index contributed by atoms with van der Waals surface area (Å²) in [5.41, 5.74) is 1.88.